The second-order valence-electron chi connectivity index (χ2n) is 5.81. The molecule has 0 saturated carbocycles. The molecule has 2 atom stereocenters. The standard InChI is InChI=1S/C16H23NO2/c1-10-7-12(3)14(8-11(10)2)9-17-6-5-15(13(17)4)16(18)19/h7-8,13,15H,5-6,9H2,1-4H3,(H,18,19). The van der Waals surface area contributed by atoms with Crippen molar-refractivity contribution < 1.29 is 9.90 Å². The van der Waals surface area contributed by atoms with E-state index in [1.165, 1.54) is 22.3 Å². The summed E-state index contributed by atoms with van der Waals surface area (Å²) < 4.78 is 0. The van der Waals surface area contributed by atoms with Gasteiger partial charge in [0.1, 0.15) is 0 Å². The number of hydrogen-bond acceptors (Lipinski definition) is 2. The molecule has 2 rings (SSSR count). The molecule has 19 heavy (non-hydrogen) atoms. The first-order chi connectivity index (χ1) is 8.90. The van der Waals surface area contributed by atoms with Crippen LogP contribution >= 0.6 is 0 Å². The first-order valence-corrected chi connectivity index (χ1v) is 6.93. The van der Waals surface area contributed by atoms with Crippen molar-refractivity contribution in [1.29, 1.82) is 0 Å². The lowest BCUT2D eigenvalue weighted by molar-refractivity contribution is -0.142. The number of carboxylic acids is 1. The number of aliphatic carboxylic acids is 1. The minimum atomic E-state index is -0.660. The highest BCUT2D eigenvalue weighted by Gasteiger charge is 2.35. The predicted molar refractivity (Wildman–Crippen MR) is 76.3 cm³/mol. The van der Waals surface area contributed by atoms with Crippen LogP contribution in [0.25, 0.3) is 0 Å². The van der Waals surface area contributed by atoms with Gasteiger partial charge in [-0.1, -0.05) is 12.1 Å². The van der Waals surface area contributed by atoms with Gasteiger partial charge in [0.15, 0.2) is 0 Å². The Morgan fingerprint density at radius 3 is 2.47 bits per heavy atom. The monoisotopic (exact) mass is 261 g/mol. The number of hydrogen-bond donors (Lipinski definition) is 1. The number of carboxylic acid groups (broad SMARTS) is 1. The van der Waals surface area contributed by atoms with Crippen molar-refractivity contribution in [3.8, 4) is 0 Å². The van der Waals surface area contributed by atoms with E-state index in [1.54, 1.807) is 0 Å². The highest BCUT2D eigenvalue weighted by atomic mass is 16.4. The Balaban J connectivity index is 2.14. The highest BCUT2D eigenvalue weighted by molar-refractivity contribution is 5.71. The first kappa shape index (κ1) is 14.1. The predicted octanol–water partition coefficient (Wildman–Crippen LogP) is 2.91. The van der Waals surface area contributed by atoms with Gasteiger partial charge in [0, 0.05) is 12.6 Å². The largest absolute Gasteiger partial charge is 0.481 e. The van der Waals surface area contributed by atoms with Crippen LogP contribution in [0.3, 0.4) is 0 Å². The van der Waals surface area contributed by atoms with E-state index in [9.17, 15) is 9.90 Å². The molecule has 1 fully saturated rings. The van der Waals surface area contributed by atoms with Crippen LogP contribution < -0.4 is 0 Å². The SMILES string of the molecule is Cc1cc(C)c(CN2CCC(C(=O)O)C2C)cc1C. The summed E-state index contributed by atoms with van der Waals surface area (Å²) in [6, 6.07) is 4.59. The molecule has 0 bridgehead atoms. The third-order valence-corrected chi connectivity index (χ3v) is 4.53. The van der Waals surface area contributed by atoms with Gasteiger partial charge in [-0.15, -0.1) is 0 Å². The van der Waals surface area contributed by atoms with E-state index in [0.717, 1.165) is 19.5 Å². The third kappa shape index (κ3) is 2.81. The van der Waals surface area contributed by atoms with Gasteiger partial charge in [0.25, 0.3) is 0 Å². The van der Waals surface area contributed by atoms with Crippen LogP contribution in [0.4, 0.5) is 0 Å². The van der Waals surface area contributed by atoms with Gasteiger partial charge in [-0.2, -0.15) is 0 Å². The summed E-state index contributed by atoms with van der Waals surface area (Å²) in [6.07, 6.45) is 0.764. The van der Waals surface area contributed by atoms with Crippen molar-refractivity contribution in [3.05, 3.63) is 34.4 Å². The Morgan fingerprint density at radius 2 is 1.89 bits per heavy atom. The lowest BCUT2D eigenvalue weighted by Crippen LogP contribution is -2.32. The van der Waals surface area contributed by atoms with Crippen molar-refractivity contribution in [3.63, 3.8) is 0 Å². The molecule has 3 heteroatoms. The number of nitrogens with zero attached hydrogens (tertiary/aromatic N) is 1. The van der Waals surface area contributed by atoms with Gasteiger partial charge < -0.3 is 5.11 Å². The fraction of sp³-hybridized carbons (Fsp3) is 0.562. The molecule has 1 aliphatic heterocycles. The van der Waals surface area contributed by atoms with Gasteiger partial charge >= 0.3 is 5.97 Å². The molecule has 3 nitrogen and oxygen atoms in total. The van der Waals surface area contributed by atoms with Crippen LogP contribution in [0.1, 0.15) is 35.6 Å². The maximum atomic E-state index is 11.1. The van der Waals surface area contributed by atoms with Crippen molar-refractivity contribution in [1.82, 2.24) is 4.90 Å². The van der Waals surface area contributed by atoms with Crippen LogP contribution in [0.5, 0.6) is 0 Å². The molecule has 1 N–H and O–H groups in total. The molecule has 0 radical (unpaired) electrons. The first-order valence-electron chi connectivity index (χ1n) is 6.93. The number of aryl methyl sites for hydroxylation is 3. The Kier molecular flexibility index (Phi) is 3.95. The Morgan fingerprint density at radius 1 is 1.26 bits per heavy atom. The third-order valence-electron chi connectivity index (χ3n) is 4.53. The summed E-state index contributed by atoms with van der Waals surface area (Å²) in [7, 11) is 0. The van der Waals surface area contributed by atoms with Gasteiger partial charge in [0.2, 0.25) is 0 Å². The number of benzene rings is 1. The van der Waals surface area contributed by atoms with Gasteiger partial charge in [0.05, 0.1) is 5.92 Å². The molecule has 0 spiro atoms. The van der Waals surface area contributed by atoms with E-state index >= 15 is 0 Å². The minimum Gasteiger partial charge on any atom is -0.481 e. The Labute approximate surface area is 115 Å². The summed E-state index contributed by atoms with van der Waals surface area (Å²) in [6.45, 7) is 10.2. The van der Waals surface area contributed by atoms with Gasteiger partial charge in [-0.25, -0.2) is 0 Å². The van der Waals surface area contributed by atoms with E-state index < -0.39 is 5.97 Å². The van der Waals surface area contributed by atoms with E-state index in [0.29, 0.717) is 0 Å². The summed E-state index contributed by atoms with van der Waals surface area (Å²) >= 11 is 0. The lowest BCUT2D eigenvalue weighted by atomic mass is 9.99. The van der Waals surface area contributed by atoms with Crippen molar-refractivity contribution in [2.45, 2.75) is 46.7 Å². The van der Waals surface area contributed by atoms with E-state index in [2.05, 4.69) is 37.8 Å². The van der Waals surface area contributed by atoms with E-state index in [1.807, 2.05) is 6.92 Å². The molecule has 104 valence electrons. The van der Waals surface area contributed by atoms with Crippen molar-refractivity contribution >= 4 is 5.97 Å². The maximum absolute atomic E-state index is 11.1. The molecule has 2 unspecified atom stereocenters. The summed E-state index contributed by atoms with van der Waals surface area (Å²) in [5.41, 5.74) is 5.25. The fourth-order valence-corrected chi connectivity index (χ4v) is 2.97. The second-order valence-corrected chi connectivity index (χ2v) is 5.81. The number of carbonyl (C=O) groups is 1. The molecule has 0 amide bonds. The summed E-state index contributed by atoms with van der Waals surface area (Å²) in [5.74, 6) is -0.876. The van der Waals surface area contributed by atoms with Crippen LogP contribution in [-0.2, 0) is 11.3 Å². The maximum Gasteiger partial charge on any atom is 0.308 e. The Hall–Kier alpha value is -1.35. The fourth-order valence-electron chi connectivity index (χ4n) is 2.97. The zero-order valence-electron chi connectivity index (χ0n) is 12.2. The molecule has 1 saturated heterocycles. The van der Waals surface area contributed by atoms with E-state index in [-0.39, 0.29) is 12.0 Å². The van der Waals surface area contributed by atoms with E-state index in [4.69, 9.17) is 0 Å². The average molecular weight is 261 g/mol. The zero-order chi connectivity index (χ0) is 14.2. The quantitative estimate of drug-likeness (QED) is 0.909. The van der Waals surface area contributed by atoms with Gasteiger partial charge in [-0.3, -0.25) is 9.69 Å². The molecule has 1 aliphatic rings. The molecule has 0 aliphatic carbocycles. The topological polar surface area (TPSA) is 40.5 Å². The number of likely N-dealkylation sites (tertiary alicyclic amines) is 1. The smallest absolute Gasteiger partial charge is 0.308 e. The second kappa shape index (κ2) is 5.33. The lowest BCUT2D eigenvalue weighted by Gasteiger charge is -2.24. The van der Waals surface area contributed by atoms with Crippen LogP contribution in [0.15, 0.2) is 12.1 Å². The van der Waals surface area contributed by atoms with Crippen molar-refractivity contribution in [2.24, 2.45) is 5.92 Å². The molecular weight excluding hydrogens is 238 g/mol. The summed E-state index contributed by atoms with van der Waals surface area (Å²) in [4.78, 5) is 13.4. The zero-order valence-corrected chi connectivity index (χ0v) is 12.2. The molecule has 1 aromatic carbocycles. The highest BCUT2D eigenvalue weighted by Crippen LogP contribution is 2.27. The van der Waals surface area contributed by atoms with Crippen LogP contribution in [0.2, 0.25) is 0 Å². The summed E-state index contributed by atoms with van der Waals surface area (Å²) in [5, 5.41) is 9.18. The molecule has 0 aromatic heterocycles. The van der Waals surface area contributed by atoms with Crippen LogP contribution in [0, 0.1) is 26.7 Å². The van der Waals surface area contributed by atoms with Crippen molar-refractivity contribution in [2.75, 3.05) is 6.54 Å². The molecule has 1 heterocycles. The van der Waals surface area contributed by atoms with Crippen LogP contribution in [-0.4, -0.2) is 28.6 Å². The number of rotatable bonds is 3. The molecular formula is C16H23NO2. The Bertz CT molecular complexity index is 496. The minimum absolute atomic E-state index is 0.124. The molecule has 1 aromatic rings. The normalized spacial score (nSPS) is 23.8. The van der Waals surface area contributed by atoms with Gasteiger partial charge in [-0.05, 0) is 62.9 Å². The average Bonchev–Trinajstić information content (AvgIpc) is 2.68.